The van der Waals surface area contributed by atoms with Crippen LogP contribution in [0.4, 0.5) is 0 Å². The number of ether oxygens (including phenoxy) is 1. The molecule has 0 aliphatic carbocycles. The Bertz CT molecular complexity index is 1130. The van der Waals surface area contributed by atoms with Gasteiger partial charge in [0.2, 0.25) is 0 Å². The van der Waals surface area contributed by atoms with Gasteiger partial charge in [0.15, 0.2) is 5.78 Å². The monoisotopic (exact) mass is 547 g/mol. The van der Waals surface area contributed by atoms with E-state index in [1.54, 1.807) is 0 Å². The van der Waals surface area contributed by atoms with E-state index in [1.807, 2.05) is 45.0 Å². The molecule has 0 amide bonds. The molecule has 0 atom stereocenters. The van der Waals surface area contributed by atoms with Crippen molar-refractivity contribution in [3.63, 3.8) is 0 Å². The maximum atomic E-state index is 12.8. The maximum Gasteiger partial charge on any atom is 0.315 e. The van der Waals surface area contributed by atoms with Crippen LogP contribution in [-0.2, 0) is 14.9 Å². The Morgan fingerprint density at radius 1 is 0.872 bits per heavy atom. The zero-order valence-electron chi connectivity index (χ0n) is 23.5. The Hall–Kier alpha value is -2.95. The summed E-state index contributed by atoms with van der Waals surface area (Å²) in [4.78, 5) is 27.6. The summed E-state index contributed by atoms with van der Waals surface area (Å²) >= 11 is 0. The van der Waals surface area contributed by atoms with E-state index in [2.05, 4.69) is 65.6 Å². The van der Waals surface area contributed by atoms with E-state index in [-0.39, 0.29) is 24.2 Å². The van der Waals surface area contributed by atoms with E-state index < -0.39 is 5.41 Å². The topological polar surface area (TPSA) is 46.6 Å². The third-order valence-corrected chi connectivity index (χ3v) is 8.01. The zero-order valence-corrected chi connectivity index (χ0v) is 24.3. The third kappa shape index (κ3) is 7.80. The van der Waals surface area contributed by atoms with Gasteiger partial charge in [0.1, 0.15) is 0 Å². The molecule has 208 valence electrons. The number of likely N-dealkylation sites (tertiary alicyclic amines) is 1. The molecule has 0 aromatic heterocycles. The van der Waals surface area contributed by atoms with E-state index in [4.69, 9.17) is 4.74 Å². The van der Waals surface area contributed by atoms with Crippen LogP contribution in [0.3, 0.4) is 0 Å². The van der Waals surface area contributed by atoms with Crippen molar-refractivity contribution in [3.8, 4) is 0 Å². The van der Waals surface area contributed by atoms with Crippen molar-refractivity contribution in [1.29, 1.82) is 0 Å². The summed E-state index contributed by atoms with van der Waals surface area (Å²) in [6, 6.07) is 29.3. The summed E-state index contributed by atoms with van der Waals surface area (Å²) in [6.45, 7) is 8.98. The number of piperidine rings is 1. The molecule has 1 aliphatic heterocycles. The fourth-order valence-electron chi connectivity index (χ4n) is 5.68. The SMILES string of the molecule is CCOC(=O)C(C)(C)c1ccc(C(=O)CCCN2CCC(C(c3ccccc3)c3ccccc3)CC2)cc1.Cl. The summed E-state index contributed by atoms with van der Waals surface area (Å²) in [7, 11) is 0. The Balaban J connectivity index is 0.00000420. The number of hydrogen-bond acceptors (Lipinski definition) is 4. The van der Waals surface area contributed by atoms with Crippen LogP contribution < -0.4 is 0 Å². The smallest absolute Gasteiger partial charge is 0.315 e. The molecule has 1 aliphatic rings. The molecule has 0 bridgehead atoms. The average molecular weight is 548 g/mol. The van der Waals surface area contributed by atoms with Gasteiger partial charge in [-0.15, -0.1) is 12.4 Å². The minimum absolute atomic E-state index is 0. The Labute approximate surface area is 240 Å². The summed E-state index contributed by atoms with van der Waals surface area (Å²) in [5.41, 5.74) is 3.64. The summed E-state index contributed by atoms with van der Waals surface area (Å²) < 4.78 is 5.20. The Morgan fingerprint density at radius 3 is 1.92 bits per heavy atom. The Kier molecular flexibility index (Phi) is 11.3. The van der Waals surface area contributed by atoms with Crippen molar-refractivity contribution in [3.05, 3.63) is 107 Å². The number of ketones is 1. The summed E-state index contributed by atoms with van der Waals surface area (Å²) in [5.74, 6) is 0.961. The quantitative estimate of drug-likeness (QED) is 0.185. The second-order valence-corrected chi connectivity index (χ2v) is 10.9. The van der Waals surface area contributed by atoms with Crippen LogP contribution in [0, 0.1) is 5.92 Å². The van der Waals surface area contributed by atoms with Crippen LogP contribution >= 0.6 is 12.4 Å². The van der Waals surface area contributed by atoms with Gasteiger partial charge in [0, 0.05) is 17.9 Å². The van der Waals surface area contributed by atoms with Crippen molar-refractivity contribution in [2.24, 2.45) is 5.92 Å². The van der Waals surface area contributed by atoms with E-state index in [0.717, 1.165) is 31.6 Å². The van der Waals surface area contributed by atoms with E-state index in [0.29, 0.717) is 30.4 Å². The van der Waals surface area contributed by atoms with Crippen molar-refractivity contribution in [2.75, 3.05) is 26.2 Å². The predicted octanol–water partition coefficient (Wildman–Crippen LogP) is 7.46. The van der Waals surface area contributed by atoms with E-state index >= 15 is 0 Å². The Morgan fingerprint density at radius 2 is 1.41 bits per heavy atom. The largest absolute Gasteiger partial charge is 0.465 e. The average Bonchev–Trinajstić information content (AvgIpc) is 2.95. The molecule has 1 saturated heterocycles. The number of hydrogen-bond donors (Lipinski definition) is 0. The fraction of sp³-hybridized carbons (Fsp3) is 0.412. The van der Waals surface area contributed by atoms with Gasteiger partial charge in [-0.3, -0.25) is 9.59 Å². The van der Waals surface area contributed by atoms with Crippen molar-refractivity contribution < 1.29 is 14.3 Å². The fourth-order valence-corrected chi connectivity index (χ4v) is 5.68. The third-order valence-electron chi connectivity index (χ3n) is 8.01. The summed E-state index contributed by atoms with van der Waals surface area (Å²) in [6.07, 6.45) is 3.73. The first kappa shape index (κ1) is 30.6. The molecule has 4 rings (SSSR count). The number of nitrogens with zero attached hydrogens (tertiary/aromatic N) is 1. The van der Waals surface area contributed by atoms with Gasteiger partial charge in [0.05, 0.1) is 12.0 Å². The van der Waals surface area contributed by atoms with Crippen LogP contribution in [0.15, 0.2) is 84.9 Å². The minimum Gasteiger partial charge on any atom is -0.465 e. The van der Waals surface area contributed by atoms with Crippen LogP contribution in [-0.4, -0.2) is 42.9 Å². The van der Waals surface area contributed by atoms with Gasteiger partial charge in [-0.25, -0.2) is 0 Å². The lowest BCUT2D eigenvalue weighted by Crippen LogP contribution is -2.36. The van der Waals surface area contributed by atoms with Crippen LogP contribution in [0.5, 0.6) is 0 Å². The molecule has 3 aromatic rings. The highest BCUT2D eigenvalue weighted by molar-refractivity contribution is 5.96. The van der Waals surface area contributed by atoms with Gasteiger partial charge >= 0.3 is 5.97 Å². The molecular formula is C34H42ClNO3. The predicted molar refractivity (Wildman–Crippen MR) is 161 cm³/mol. The molecular weight excluding hydrogens is 506 g/mol. The van der Waals surface area contributed by atoms with Crippen molar-refractivity contribution >= 4 is 24.2 Å². The highest BCUT2D eigenvalue weighted by Gasteiger charge is 2.31. The second-order valence-electron chi connectivity index (χ2n) is 10.9. The molecule has 3 aromatic carbocycles. The van der Waals surface area contributed by atoms with Crippen LogP contribution in [0.1, 0.15) is 79.4 Å². The molecule has 4 nitrogen and oxygen atoms in total. The molecule has 0 radical (unpaired) electrons. The van der Waals surface area contributed by atoms with Crippen molar-refractivity contribution in [1.82, 2.24) is 4.90 Å². The minimum atomic E-state index is -0.732. The number of esters is 1. The summed E-state index contributed by atoms with van der Waals surface area (Å²) in [5, 5.41) is 0. The number of benzene rings is 3. The highest BCUT2D eigenvalue weighted by Crippen LogP contribution is 2.38. The lowest BCUT2D eigenvalue weighted by atomic mass is 9.76. The highest BCUT2D eigenvalue weighted by atomic mass is 35.5. The molecule has 39 heavy (non-hydrogen) atoms. The number of halogens is 1. The number of carbonyl (C=O) groups is 2. The second kappa shape index (κ2) is 14.4. The zero-order chi connectivity index (χ0) is 27.0. The molecule has 5 heteroatoms. The first-order valence-electron chi connectivity index (χ1n) is 14.0. The molecule has 0 N–H and O–H groups in total. The van der Waals surface area contributed by atoms with Crippen molar-refractivity contribution in [2.45, 2.75) is 57.8 Å². The van der Waals surface area contributed by atoms with E-state index in [9.17, 15) is 9.59 Å². The lowest BCUT2D eigenvalue weighted by Gasteiger charge is -2.36. The first-order valence-corrected chi connectivity index (χ1v) is 14.0. The molecule has 0 saturated carbocycles. The lowest BCUT2D eigenvalue weighted by molar-refractivity contribution is -0.148. The normalized spacial score (nSPS) is 14.6. The van der Waals surface area contributed by atoms with Crippen LogP contribution in [0.2, 0.25) is 0 Å². The number of Topliss-reactive ketones (excluding diaryl/α,β-unsaturated/α-hetero) is 1. The van der Waals surface area contributed by atoms with Crippen LogP contribution in [0.25, 0.3) is 0 Å². The van der Waals surface area contributed by atoms with Gasteiger partial charge in [-0.2, -0.15) is 0 Å². The number of carbonyl (C=O) groups excluding carboxylic acids is 2. The number of rotatable bonds is 11. The maximum absolute atomic E-state index is 12.8. The molecule has 1 fully saturated rings. The standard InChI is InChI=1S/C34H41NO3.ClH/c1-4-38-33(37)34(2,3)30-19-17-26(18-20-30)31(36)16-11-23-35-24-21-29(22-25-35)32(27-12-7-5-8-13-27)28-14-9-6-10-15-28;/h5-10,12-15,17-20,29,32H,4,11,16,21-25H2,1-3H3;1H. The van der Waals surface area contributed by atoms with Gasteiger partial charge < -0.3 is 9.64 Å². The van der Waals surface area contributed by atoms with E-state index in [1.165, 1.54) is 24.0 Å². The van der Waals surface area contributed by atoms with Gasteiger partial charge in [0.25, 0.3) is 0 Å². The molecule has 1 heterocycles. The molecule has 0 unspecified atom stereocenters. The van der Waals surface area contributed by atoms with Gasteiger partial charge in [-0.1, -0.05) is 84.9 Å². The first-order chi connectivity index (χ1) is 18.4. The van der Waals surface area contributed by atoms with Gasteiger partial charge in [-0.05, 0) is 82.3 Å². The molecule has 0 spiro atoms.